The second-order valence-electron chi connectivity index (χ2n) is 3.42. The maximum absolute atomic E-state index is 12.6. The Morgan fingerprint density at radius 2 is 2.20 bits per heavy atom. The van der Waals surface area contributed by atoms with Gasteiger partial charge in [-0.05, 0) is 6.92 Å². The zero-order valence-electron chi connectivity index (χ0n) is 10.3. The van der Waals surface area contributed by atoms with Crippen molar-refractivity contribution in [2.45, 2.75) is 17.7 Å². The van der Waals surface area contributed by atoms with Crippen LogP contribution in [0.15, 0.2) is 27.6 Å². The first kappa shape index (κ1) is 16.6. The topological polar surface area (TPSA) is 68.6 Å². The fraction of sp³-hybridized carbons (Fsp3) is 0.400. The summed E-state index contributed by atoms with van der Waals surface area (Å²) in [6.45, 7) is 2.09. The van der Waals surface area contributed by atoms with Crippen LogP contribution in [-0.2, 0) is 14.7 Å². The van der Waals surface area contributed by atoms with Gasteiger partial charge in [0.05, 0.1) is 16.8 Å². The van der Waals surface area contributed by atoms with Crippen LogP contribution >= 0.6 is 11.3 Å². The summed E-state index contributed by atoms with van der Waals surface area (Å²) in [7, 11) is -3.90. The maximum Gasteiger partial charge on any atom is 0.301 e. The lowest BCUT2D eigenvalue weighted by molar-refractivity contribution is 0.160. The van der Waals surface area contributed by atoms with E-state index in [4.69, 9.17) is 4.84 Å². The summed E-state index contributed by atoms with van der Waals surface area (Å²) in [5, 5.41) is 3.54. The number of hydrogen-bond donors (Lipinski definition) is 0. The van der Waals surface area contributed by atoms with Gasteiger partial charge >= 0.3 is 6.08 Å². The van der Waals surface area contributed by atoms with E-state index in [-0.39, 0.29) is 4.34 Å². The number of aromatic nitrogens is 1. The lowest BCUT2D eigenvalue weighted by Crippen LogP contribution is -2.06. The number of hydrogen-bond acceptors (Lipinski definition) is 6. The highest BCUT2D eigenvalue weighted by Gasteiger charge is 2.20. The maximum atomic E-state index is 12.6. The summed E-state index contributed by atoms with van der Waals surface area (Å²) in [6.07, 6.45) is -0.861. The van der Waals surface area contributed by atoms with Gasteiger partial charge in [-0.25, -0.2) is 17.8 Å². The third-order valence-electron chi connectivity index (χ3n) is 1.95. The first-order chi connectivity index (χ1) is 9.36. The van der Waals surface area contributed by atoms with Crippen molar-refractivity contribution in [3.05, 3.63) is 23.0 Å². The van der Waals surface area contributed by atoms with Crippen LogP contribution in [0.5, 0.6) is 0 Å². The van der Waals surface area contributed by atoms with Gasteiger partial charge in [-0.15, -0.1) is 11.3 Å². The molecule has 0 radical (unpaired) electrons. The van der Waals surface area contributed by atoms with Crippen molar-refractivity contribution in [2.75, 3.05) is 12.4 Å². The van der Waals surface area contributed by atoms with E-state index in [0.717, 1.165) is 11.3 Å². The fourth-order valence-electron chi connectivity index (χ4n) is 1.04. The number of thiazole rings is 1. The van der Waals surface area contributed by atoms with E-state index in [2.05, 4.69) is 10.1 Å². The molecule has 1 heterocycles. The molecule has 0 aromatic carbocycles. The van der Waals surface area contributed by atoms with Gasteiger partial charge in [0, 0.05) is 12.6 Å². The van der Waals surface area contributed by atoms with Crippen LogP contribution in [0.3, 0.4) is 0 Å². The molecule has 0 amide bonds. The molecule has 0 atom stereocenters. The first-order valence-corrected chi connectivity index (χ1v) is 7.87. The van der Waals surface area contributed by atoms with Gasteiger partial charge in [0.2, 0.25) is 14.2 Å². The molecule has 10 heteroatoms. The Kier molecular flexibility index (Phi) is 6.14. The fourth-order valence-corrected chi connectivity index (χ4v) is 3.43. The Balaban J connectivity index is 2.76. The molecule has 1 rings (SSSR count). The number of sulfone groups is 1. The van der Waals surface area contributed by atoms with E-state index < -0.39 is 33.9 Å². The molecule has 0 saturated carbocycles. The summed E-state index contributed by atoms with van der Waals surface area (Å²) in [5.74, 6) is -2.51. The normalized spacial score (nSPS) is 11.8. The zero-order chi connectivity index (χ0) is 15.2. The third kappa shape index (κ3) is 4.93. The van der Waals surface area contributed by atoms with Crippen molar-refractivity contribution < 1.29 is 26.4 Å². The standard InChI is InChI=1S/C10H11F3N2O3S2/c1-2-18-15-6-7-5-14-10(19-7)20(16,17)4-3-8(11)9(12)13/h5-6H,2-4H2,1H3. The minimum absolute atomic E-state index is 0.275. The zero-order valence-corrected chi connectivity index (χ0v) is 12.0. The molecule has 1 aromatic heterocycles. The van der Waals surface area contributed by atoms with Crippen molar-refractivity contribution in [3.63, 3.8) is 0 Å². The average Bonchev–Trinajstić information content (AvgIpc) is 2.86. The Morgan fingerprint density at radius 1 is 1.50 bits per heavy atom. The molecule has 112 valence electrons. The molecule has 0 aliphatic rings. The molecule has 0 N–H and O–H groups in total. The number of nitrogens with zero attached hydrogens (tertiary/aromatic N) is 2. The molecule has 0 unspecified atom stereocenters. The third-order valence-corrected chi connectivity index (χ3v) is 5.06. The van der Waals surface area contributed by atoms with Gasteiger partial charge in [-0.2, -0.15) is 8.78 Å². The SMILES string of the molecule is CCON=Cc1cnc(S(=O)(=O)CCC(F)=C(F)F)s1. The summed E-state index contributed by atoms with van der Waals surface area (Å²) in [4.78, 5) is 8.77. The molecule has 0 saturated heterocycles. The molecule has 0 spiro atoms. The lowest BCUT2D eigenvalue weighted by Gasteiger charge is -1.98. The predicted octanol–water partition coefficient (Wildman–Crippen LogP) is 2.75. The van der Waals surface area contributed by atoms with Crippen LogP contribution in [0.4, 0.5) is 13.2 Å². The van der Waals surface area contributed by atoms with Crippen LogP contribution in [0.25, 0.3) is 0 Å². The Hall–Kier alpha value is -1.42. The van der Waals surface area contributed by atoms with Crippen LogP contribution in [0.2, 0.25) is 0 Å². The molecule has 0 fully saturated rings. The largest absolute Gasteiger partial charge is 0.396 e. The highest BCUT2D eigenvalue weighted by atomic mass is 32.2. The van der Waals surface area contributed by atoms with E-state index in [1.165, 1.54) is 12.4 Å². The van der Waals surface area contributed by atoms with Gasteiger partial charge in [-0.3, -0.25) is 0 Å². The lowest BCUT2D eigenvalue weighted by atomic mass is 10.4. The molecular weight excluding hydrogens is 317 g/mol. The van der Waals surface area contributed by atoms with E-state index in [1.807, 2.05) is 0 Å². The van der Waals surface area contributed by atoms with Crippen LogP contribution in [0, 0.1) is 0 Å². The second kappa shape index (κ2) is 7.39. The summed E-state index contributed by atoms with van der Waals surface area (Å²) in [6, 6.07) is 0. The minimum Gasteiger partial charge on any atom is -0.396 e. The van der Waals surface area contributed by atoms with E-state index in [0.29, 0.717) is 11.5 Å². The Morgan fingerprint density at radius 3 is 2.80 bits per heavy atom. The quantitative estimate of drug-likeness (QED) is 0.570. The first-order valence-electron chi connectivity index (χ1n) is 5.40. The van der Waals surface area contributed by atoms with Crippen molar-refractivity contribution in [2.24, 2.45) is 5.16 Å². The number of oxime groups is 1. The van der Waals surface area contributed by atoms with Gasteiger partial charge in [0.1, 0.15) is 6.61 Å². The average molecular weight is 328 g/mol. The summed E-state index contributed by atoms with van der Waals surface area (Å²) in [5.41, 5.74) is 0. The van der Waals surface area contributed by atoms with Crippen molar-refractivity contribution in [3.8, 4) is 0 Å². The van der Waals surface area contributed by atoms with Crippen LogP contribution in [-0.4, -0.2) is 32.0 Å². The van der Waals surface area contributed by atoms with E-state index >= 15 is 0 Å². The van der Waals surface area contributed by atoms with Crippen LogP contribution < -0.4 is 0 Å². The number of allylic oxidation sites excluding steroid dienone is 1. The van der Waals surface area contributed by atoms with Gasteiger partial charge in [0.15, 0.2) is 5.83 Å². The molecule has 0 aliphatic heterocycles. The predicted molar refractivity (Wildman–Crippen MR) is 68.4 cm³/mol. The number of rotatable bonds is 7. The highest BCUT2D eigenvalue weighted by molar-refractivity contribution is 7.93. The minimum atomic E-state index is -3.90. The van der Waals surface area contributed by atoms with Crippen LogP contribution in [0.1, 0.15) is 18.2 Å². The molecule has 20 heavy (non-hydrogen) atoms. The molecule has 0 bridgehead atoms. The van der Waals surface area contributed by atoms with E-state index in [9.17, 15) is 21.6 Å². The van der Waals surface area contributed by atoms with Crippen molar-refractivity contribution in [1.29, 1.82) is 0 Å². The van der Waals surface area contributed by atoms with Gasteiger partial charge in [0.25, 0.3) is 0 Å². The van der Waals surface area contributed by atoms with Crippen molar-refractivity contribution >= 4 is 27.4 Å². The monoisotopic (exact) mass is 328 g/mol. The highest BCUT2D eigenvalue weighted by Crippen LogP contribution is 2.21. The van der Waals surface area contributed by atoms with Gasteiger partial charge < -0.3 is 4.84 Å². The van der Waals surface area contributed by atoms with Gasteiger partial charge in [-0.1, -0.05) is 5.16 Å². The van der Waals surface area contributed by atoms with E-state index in [1.54, 1.807) is 6.92 Å². The summed E-state index contributed by atoms with van der Waals surface area (Å²) < 4.78 is 59.5. The smallest absolute Gasteiger partial charge is 0.301 e. The Labute approximate surface area is 117 Å². The molecule has 1 aromatic rings. The number of halogens is 3. The molecule has 5 nitrogen and oxygen atoms in total. The molecule has 0 aliphatic carbocycles. The summed E-state index contributed by atoms with van der Waals surface area (Å²) >= 11 is 0.796. The second-order valence-corrected chi connectivity index (χ2v) is 6.76. The Bertz CT molecular complexity index is 607. The van der Waals surface area contributed by atoms with Crippen molar-refractivity contribution in [1.82, 2.24) is 4.98 Å². The molecular formula is C10H11F3N2O3S2.